The van der Waals surface area contributed by atoms with E-state index in [0.717, 1.165) is 12.8 Å². The summed E-state index contributed by atoms with van der Waals surface area (Å²) in [5.74, 6) is 0. The Bertz CT molecular complexity index is 191. The monoisotopic (exact) mass is 261 g/mol. The van der Waals surface area contributed by atoms with Crippen LogP contribution in [0.15, 0.2) is 0 Å². The van der Waals surface area contributed by atoms with Crippen LogP contribution in [0.4, 0.5) is 0 Å². The van der Waals surface area contributed by atoms with E-state index in [4.69, 9.17) is 14.6 Å². The SMILES string of the molecule is COCC(CCO)NCC(O)COC1CCCC1. The largest absolute Gasteiger partial charge is 0.396 e. The third-order valence-corrected chi connectivity index (χ3v) is 3.31. The van der Waals surface area contributed by atoms with E-state index in [1.165, 1.54) is 12.8 Å². The molecule has 5 heteroatoms. The smallest absolute Gasteiger partial charge is 0.0897 e. The lowest BCUT2D eigenvalue weighted by atomic mass is 10.2. The molecular weight excluding hydrogens is 234 g/mol. The van der Waals surface area contributed by atoms with Crippen LogP contribution in [-0.2, 0) is 9.47 Å². The van der Waals surface area contributed by atoms with Crippen LogP contribution in [0.2, 0.25) is 0 Å². The number of aliphatic hydroxyl groups is 2. The van der Waals surface area contributed by atoms with Gasteiger partial charge in [0.2, 0.25) is 0 Å². The number of hydrogen-bond donors (Lipinski definition) is 3. The molecule has 0 heterocycles. The van der Waals surface area contributed by atoms with E-state index in [1.54, 1.807) is 7.11 Å². The Hall–Kier alpha value is -0.200. The number of rotatable bonds is 10. The molecule has 1 aliphatic carbocycles. The first-order valence-electron chi connectivity index (χ1n) is 6.89. The van der Waals surface area contributed by atoms with Crippen molar-refractivity contribution in [2.75, 3.05) is 33.5 Å². The first-order valence-corrected chi connectivity index (χ1v) is 6.89. The van der Waals surface area contributed by atoms with Crippen molar-refractivity contribution in [3.05, 3.63) is 0 Å². The first-order chi connectivity index (χ1) is 8.76. The molecule has 0 spiro atoms. The highest BCUT2D eigenvalue weighted by molar-refractivity contribution is 4.71. The average Bonchev–Trinajstić information content (AvgIpc) is 2.87. The highest BCUT2D eigenvalue weighted by Crippen LogP contribution is 2.20. The summed E-state index contributed by atoms with van der Waals surface area (Å²) in [4.78, 5) is 0. The molecule has 5 nitrogen and oxygen atoms in total. The van der Waals surface area contributed by atoms with Crippen molar-refractivity contribution in [3.63, 3.8) is 0 Å². The summed E-state index contributed by atoms with van der Waals surface area (Å²) in [6.45, 7) is 1.52. The van der Waals surface area contributed by atoms with Crippen molar-refractivity contribution in [1.29, 1.82) is 0 Å². The van der Waals surface area contributed by atoms with Gasteiger partial charge in [-0.3, -0.25) is 0 Å². The van der Waals surface area contributed by atoms with E-state index in [9.17, 15) is 5.11 Å². The second-order valence-electron chi connectivity index (χ2n) is 4.97. The predicted octanol–water partition coefficient (Wildman–Crippen LogP) is 0.294. The third kappa shape index (κ3) is 6.66. The maximum Gasteiger partial charge on any atom is 0.0897 e. The minimum atomic E-state index is -0.497. The Morgan fingerprint density at radius 1 is 1.28 bits per heavy atom. The van der Waals surface area contributed by atoms with Crippen molar-refractivity contribution >= 4 is 0 Å². The second-order valence-corrected chi connectivity index (χ2v) is 4.97. The van der Waals surface area contributed by atoms with E-state index in [2.05, 4.69) is 5.32 Å². The summed E-state index contributed by atoms with van der Waals surface area (Å²) in [7, 11) is 1.63. The summed E-state index contributed by atoms with van der Waals surface area (Å²) in [6.07, 6.45) is 5.20. The Morgan fingerprint density at radius 3 is 2.61 bits per heavy atom. The highest BCUT2D eigenvalue weighted by atomic mass is 16.5. The molecule has 0 amide bonds. The molecule has 0 radical (unpaired) electrons. The van der Waals surface area contributed by atoms with Gasteiger partial charge in [-0.15, -0.1) is 0 Å². The fourth-order valence-corrected chi connectivity index (χ4v) is 2.27. The van der Waals surface area contributed by atoms with Crippen molar-refractivity contribution in [2.24, 2.45) is 0 Å². The van der Waals surface area contributed by atoms with E-state index >= 15 is 0 Å². The number of ether oxygens (including phenoxy) is 2. The van der Waals surface area contributed by atoms with Gasteiger partial charge in [0.25, 0.3) is 0 Å². The van der Waals surface area contributed by atoms with Crippen LogP contribution in [0.25, 0.3) is 0 Å². The summed E-state index contributed by atoms with van der Waals surface area (Å²) < 4.78 is 10.7. The van der Waals surface area contributed by atoms with Crippen molar-refractivity contribution < 1.29 is 19.7 Å². The van der Waals surface area contributed by atoms with Gasteiger partial charge in [0, 0.05) is 26.3 Å². The summed E-state index contributed by atoms with van der Waals surface area (Å²) in [6, 6.07) is 0.0844. The Kier molecular flexibility index (Phi) is 8.54. The van der Waals surface area contributed by atoms with Crippen LogP contribution >= 0.6 is 0 Å². The summed E-state index contributed by atoms with van der Waals surface area (Å²) >= 11 is 0. The van der Waals surface area contributed by atoms with Crippen molar-refractivity contribution in [3.8, 4) is 0 Å². The number of nitrogens with one attached hydrogen (secondary N) is 1. The average molecular weight is 261 g/mol. The summed E-state index contributed by atoms with van der Waals surface area (Å²) in [5, 5.41) is 21.9. The van der Waals surface area contributed by atoms with Gasteiger partial charge < -0.3 is 25.0 Å². The maximum atomic E-state index is 9.80. The van der Waals surface area contributed by atoms with Gasteiger partial charge in [0.05, 0.1) is 25.4 Å². The lowest BCUT2D eigenvalue weighted by molar-refractivity contribution is -0.00741. The van der Waals surface area contributed by atoms with Crippen LogP contribution in [0, 0.1) is 0 Å². The molecule has 1 aliphatic rings. The second kappa shape index (κ2) is 9.69. The molecule has 1 fully saturated rings. The molecule has 18 heavy (non-hydrogen) atoms. The van der Waals surface area contributed by atoms with E-state index in [1.807, 2.05) is 0 Å². The van der Waals surface area contributed by atoms with Gasteiger partial charge in [-0.1, -0.05) is 12.8 Å². The maximum absolute atomic E-state index is 9.80. The molecule has 108 valence electrons. The Balaban J connectivity index is 2.07. The fraction of sp³-hybridized carbons (Fsp3) is 1.00. The molecule has 2 unspecified atom stereocenters. The fourth-order valence-electron chi connectivity index (χ4n) is 2.27. The first kappa shape index (κ1) is 15.9. The normalized spacial score (nSPS) is 20.2. The molecule has 0 aromatic heterocycles. The highest BCUT2D eigenvalue weighted by Gasteiger charge is 2.17. The molecule has 2 atom stereocenters. The van der Waals surface area contributed by atoms with Gasteiger partial charge in [0.1, 0.15) is 0 Å². The van der Waals surface area contributed by atoms with Crippen LogP contribution in [0.3, 0.4) is 0 Å². The molecule has 0 aromatic carbocycles. The molecule has 1 rings (SSSR count). The van der Waals surface area contributed by atoms with Gasteiger partial charge in [0.15, 0.2) is 0 Å². The standard InChI is InChI=1S/C13H27NO4/c1-17-9-11(6-7-15)14-8-12(16)10-18-13-4-2-3-5-13/h11-16H,2-10H2,1H3. The van der Waals surface area contributed by atoms with Crippen LogP contribution in [0.5, 0.6) is 0 Å². The van der Waals surface area contributed by atoms with Gasteiger partial charge >= 0.3 is 0 Å². The summed E-state index contributed by atoms with van der Waals surface area (Å²) in [5.41, 5.74) is 0. The molecule has 1 saturated carbocycles. The number of hydrogen-bond acceptors (Lipinski definition) is 5. The molecule has 0 saturated heterocycles. The lowest BCUT2D eigenvalue weighted by Gasteiger charge is -2.20. The van der Waals surface area contributed by atoms with Crippen molar-refractivity contribution in [2.45, 2.75) is 50.4 Å². The minimum absolute atomic E-state index is 0.0844. The molecule has 0 aliphatic heterocycles. The van der Waals surface area contributed by atoms with E-state index < -0.39 is 6.10 Å². The van der Waals surface area contributed by atoms with Crippen LogP contribution in [0.1, 0.15) is 32.1 Å². The molecule has 0 bridgehead atoms. The van der Waals surface area contributed by atoms with Gasteiger partial charge in [-0.05, 0) is 19.3 Å². The topological polar surface area (TPSA) is 71.0 Å². The van der Waals surface area contributed by atoms with Crippen LogP contribution < -0.4 is 5.32 Å². The van der Waals surface area contributed by atoms with E-state index in [0.29, 0.717) is 32.3 Å². The quantitative estimate of drug-likeness (QED) is 0.527. The minimum Gasteiger partial charge on any atom is -0.396 e. The molecule has 0 aromatic rings. The third-order valence-electron chi connectivity index (χ3n) is 3.31. The zero-order valence-corrected chi connectivity index (χ0v) is 11.3. The van der Waals surface area contributed by atoms with Gasteiger partial charge in [-0.2, -0.15) is 0 Å². The lowest BCUT2D eigenvalue weighted by Crippen LogP contribution is -2.40. The number of aliphatic hydroxyl groups excluding tert-OH is 2. The predicted molar refractivity (Wildman–Crippen MR) is 69.6 cm³/mol. The Labute approximate surface area is 109 Å². The molecule has 3 N–H and O–H groups in total. The van der Waals surface area contributed by atoms with Gasteiger partial charge in [-0.25, -0.2) is 0 Å². The number of methoxy groups -OCH3 is 1. The van der Waals surface area contributed by atoms with Crippen LogP contribution in [-0.4, -0.2) is 61.9 Å². The Morgan fingerprint density at radius 2 is 2.00 bits per heavy atom. The molecular formula is C13H27NO4. The van der Waals surface area contributed by atoms with E-state index in [-0.39, 0.29) is 12.6 Å². The van der Waals surface area contributed by atoms with Crippen molar-refractivity contribution in [1.82, 2.24) is 5.32 Å². The zero-order valence-electron chi connectivity index (χ0n) is 11.3. The zero-order chi connectivity index (χ0) is 13.2.